The van der Waals surface area contributed by atoms with E-state index in [0.29, 0.717) is 27.0 Å². The smallest absolute Gasteiger partial charge is 0.461 e. The fraction of sp³-hybridized carbons (Fsp3) is 0.167. The maximum atomic E-state index is 13.0. The topological polar surface area (TPSA) is 64.3 Å². The van der Waals surface area contributed by atoms with E-state index in [2.05, 4.69) is 4.72 Å². The second-order valence-corrected chi connectivity index (χ2v) is 10.9. The Hall–Kier alpha value is -3.33. The molecule has 0 fully saturated rings. The zero-order valence-corrected chi connectivity index (χ0v) is 23.8. The summed E-state index contributed by atoms with van der Waals surface area (Å²) in [5.74, 6) is 0.0590. The summed E-state index contributed by atoms with van der Waals surface area (Å²) in [5, 5.41) is 2.53. The molecule has 3 N–H and O–H groups in total. The number of ketones is 1. The molecule has 0 aliphatic rings. The number of nitrogens with two attached hydrogens (primary N) is 1. The van der Waals surface area contributed by atoms with Crippen LogP contribution in [0.5, 0.6) is 5.75 Å². The second kappa shape index (κ2) is 12.5. The van der Waals surface area contributed by atoms with Crippen molar-refractivity contribution in [2.24, 2.45) is 11.7 Å². The summed E-state index contributed by atoms with van der Waals surface area (Å²) in [7, 11) is 0. The lowest BCUT2D eigenvalue weighted by Crippen LogP contribution is -2.21. The number of ether oxygens (including phenoxy) is 1. The third-order valence-corrected chi connectivity index (χ3v) is 7.28. The predicted octanol–water partition coefficient (Wildman–Crippen LogP) is 9.37. The minimum absolute atomic E-state index is 0.0685. The highest BCUT2D eigenvalue weighted by atomic mass is 35.5. The van der Waals surface area contributed by atoms with E-state index in [1.54, 1.807) is 62.4 Å². The minimum atomic E-state index is -4.36. The van der Waals surface area contributed by atoms with Gasteiger partial charge in [0.15, 0.2) is 5.78 Å². The number of rotatable bonds is 9. The average molecular weight is 606 g/mol. The van der Waals surface area contributed by atoms with E-state index in [9.17, 15) is 18.0 Å². The Morgan fingerprint density at radius 2 is 1.52 bits per heavy atom. The van der Waals surface area contributed by atoms with Crippen LogP contribution in [0.4, 0.5) is 18.9 Å². The van der Waals surface area contributed by atoms with Crippen LogP contribution in [0.3, 0.4) is 0 Å². The van der Waals surface area contributed by atoms with Crippen molar-refractivity contribution >= 4 is 63.1 Å². The molecule has 0 aromatic heterocycles. The molecule has 0 bridgehead atoms. The quantitative estimate of drug-likeness (QED) is 0.147. The molecule has 0 spiro atoms. The van der Waals surface area contributed by atoms with E-state index in [1.807, 2.05) is 30.3 Å². The Labute approximate surface area is 244 Å². The summed E-state index contributed by atoms with van der Waals surface area (Å²) in [6, 6.07) is 23.1. The van der Waals surface area contributed by atoms with Crippen molar-refractivity contribution in [3.8, 4) is 16.9 Å². The molecular formula is C30H25Cl2F3N2O2S. The molecule has 0 radical (unpaired) electrons. The van der Waals surface area contributed by atoms with Crippen molar-refractivity contribution in [1.82, 2.24) is 0 Å². The molecule has 0 aliphatic carbocycles. The molecule has 4 nitrogen and oxygen atoms in total. The first kappa shape index (κ1) is 29.6. The third-order valence-electron chi connectivity index (χ3n) is 6.08. The van der Waals surface area contributed by atoms with Crippen molar-refractivity contribution in [2.75, 3.05) is 11.3 Å². The summed E-state index contributed by atoms with van der Waals surface area (Å²) in [5.41, 5.74) is 5.03. The summed E-state index contributed by atoms with van der Waals surface area (Å²) in [6.45, 7) is 3.49. The van der Waals surface area contributed by atoms with Crippen LogP contribution < -0.4 is 15.2 Å². The maximum absolute atomic E-state index is 13.0. The van der Waals surface area contributed by atoms with Gasteiger partial charge in [0.1, 0.15) is 12.4 Å². The molecule has 208 valence electrons. The van der Waals surface area contributed by atoms with Gasteiger partial charge in [-0.3, -0.25) is 4.79 Å². The summed E-state index contributed by atoms with van der Waals surface area (Å²) < 4.78 is 45.5. The Bertz CT molecular complexity index is 1550. The summed E-state index contributed by atoms with van der Waals surface area (Å²) in [4.78, 5) is 13.0. The number of nitrogens with one attached hydrogen (secondary N) is 1. The summed E-state index contributed by atoms with van der Waals surface area (Å²) in [6.07, 6.45) is 0. The van der Waals surface area contributed by atoms with Crippen LogP contribution in [-0.4, -0.2) is 17.9 Å². The van der Waals surface area contributed by atoms with E-state index in [0.717, 1.165) is 21.9 Å². The zero-order chi connectivity index (χ0) is 29.0. The zero-order valence-electron chi connectivity index (χ0n) is 21.5. The van der Waals surface area contributed by atoms with Crippen LogP contribution >= 0.6 is 35.1 Å². The first-order valence-corrected chi connectivity index (χ1v) is 13.7. The lowest BCUT2D eigenvalue weighted by atomic mass is 9.97. The SMILES string of the molecule is CC(C)C(=O)/C(COc1ccc2cc(-c3ccc(NSC(F)(F)F)cc3)ccc2c1)=C(\N)c1c(Cl)cccc1Cl. The van der Waals surface area contributed by atoms with Gasteiger partial charge in [0.05, 0.1) is 33.3 Å². The highest BCUT2D eigenvalue weighted by Crippen LogP contribution is 2.34. The Balaban J connectivity index is 1.54. The number of anilines is 1. The number of benzene rings is 4. The van der Waals surface area contributed by atoms with E-state index in [1.165, 1.54) is 0 Å². The van der Waals surface area contributed by atoms with Crippen LogP contribution in [0, 0.1) is 5.92 Å². The van der Waals surface area contributed by atoms with Gasteiger partial charge in [0.2, 0.25) is 0 Å². The lowest BCUT2D eigenvalue weighted by Gasteiger charge is -2.17. The number of hydrogen-bond acceptors (Lipinski definition) is 5. The van der Waals surface area contributed by atoms with Crippen LogP contribution in [0.25, 0.3) is 27.6 Å². The molecule has 0 saturated carbocycles. The highest BCUT2D eigenvalue weighted by molar-refractivity contribution is 8.01. The Morgan fingerprint density at radius 1 is 0.925 bits per heavy atom. The molecule has 0 atom stereocenters. The monoisotopic (exact) mass is 604 g/mol. The Kier molecular flexibility index (Phi) is 9.23. The van der Waals surface area contributed by atoms with Gasteiger partial charge in [-0.2, -0.15) is 13.2 Å². The second-order valence-electron chi connectivity index (χ2n) is 9.25. The molecule has 0 unspecified atom stereocenters. The number of hydrogen-bond donors (Lipinski definition) is 2. The van der Waals surface area contributed by atoms with Gasteiger partial charge in [0.25, 0.3) is 0 Å². The van der Waals surface area contributed by atoms with E-state index < -0.39 is 5.51 Å². The van der Waals surface area contributed by atoms with Gasteiger partial charge in [-0.1, -0.05) is 73.4 Å². The molecule has 4 aromatic carbocycles. The Morgan fingerprint density at radius 3 is 2.15 bits per heavy atom. The normalized spacial score (nSPS) is 12.4. The van der Waals surface area contributed by atoms with Gasteiger partial charge in [0, 0.05) is 17.2 Å². The van der Waals surface area contributed by atoms with Crippen molar-refractivity contribution in [3.63, 3.8) is 0 Å². The number of carbonyl (C=O) groups is 1. The fourth-order valence-corrected chi connectivity index (χ4v) is 5.00. The van der Waals surface area contributed by atoms with Gasteiger partial charge >= 0.3 is 5.51 Å². The van der Waals surface area contributed by atoms with Crippen LogP contribution in [0.2, 0.25) is 10.0 Å². The number of carbonyl (C=O) groups excluding carboxylic acids is 1. The third kappa shape index (κ3) is 7.24. The maximum Gasteiger partial charge on any atom is 0.461 e. The largest absolute Gasteiger partial charge is 0.489 e. The van der Waals surface area contributed by atoms with Gasteiger partial charge in [-0.25, -0.2) is 0 Å². The molecule has 4 aromatic rings. The van der Waals surface area contributed by atoms with Gasteiger partial charge < -0.3 is 15.2 Å². The fourth-order valence-electron chi connectivity index (χ4n) is 4.03. The van der Waals surface area contributed by atoms with Crippen molar-refractivity contribution in [3.05, 3.63) is 100 Å². The summed E-state index contributed by atoms with van der Waals surface area (Å²) >= 11 is 12.4. The standard InChI is InChI=1S/C30H25Cl2F3N2O2S/c1-17(2)29(38)24(28(36)27-25(31)4-3-5-26(27)32)16-39-23-13-10-20-14-19(6-7-21(20)15-23)18-8-11-22(12-9-18)37-40-30(33,34)35/h3-15,17,37H,16,36H2,1-2H3/b28-24-. The van der Waals surface area contributed by atoms with Crippen molar-refractivity contribution in [1.29, 1.82) is 0 Å². The predicted molar refractivity (Wildman–Crippen MR) is 160 cm³/mol. The highest BCUT2D eigenvalue weighted by Gasteiger charge is 2.28. The number of alkyl halides is 3. The molecule has 0 heterocycles. The minimum Gasteiger partial charge on any atom is -0.489 e. The average Bonchev–Trinajstić information content (AvgIpc) is 2.91. The van der Waals surface area contributed by atoms with E-state index in [-0.39, 0.29) is 41.5 Å². The molecule has 0 aliphatic heterocycles. The number of fused-ring (bicyclic) bond motifs is 1. The first-order chi connectivity index (χ1) is 18.9. The lowest BCUT2D eigenvalue weighted by molar-refractivity contribution is -0.118. The van der Waals surface area contributed by atoms with Crippen LogP contribution in [0.1, 0.15) is 19.4 Å². The van der Waals surface area contributed by atoms with E-state index >= 15 is 0 Å². The molecule has 0 amide bonds. The number of Topliss-reactive ketones (excluding diaryl/α,β-unsaturated/α-hetero) is 1. The molecular weight excluding hydrogens is 580 g/mol. The van der Waals surface area contributed by atoms with Crippen LogP contribution in [0.15, 0.2) is 84.4 Å². The van der Waals surface area contributed by atoms with Crippen LogP contribution in [-0.2, 0) is 4.79 Å². The van der Waals surface area contributed by atoms with E-state index in [4.69, 9.17) is 33.7 Å². The van der Waals surface area contributed by atoms with Gasteiger partial charge in [-0.15, -0.1) is 0 Å². The van der Waals surface area contributed by atoms with Gasteiger partial charge in [-0.05, 0) is 64.4 Å². The molecule has 10 heteroatoms. The van der Waals surface area contributed by atoms with Crippen molar-refractivity contribution in [2.45, 2.75) is 19.4 Å². The number of halogens is 5. The molecule has 40 heavy (non-hydrogen) atoms. The first-order valence-electron chi connectivity index (χ1n) is 12.2. The van der Waals surface area contributed by atoms with Crippen molar-refractivity contribution < 1.29 is 22.7 Å². The molecule has 4 rings (SSSR count). The molecule has 0 saturated heterocycles.